The molecule has 0 aliphatic heterocycles. The number of fused-ring (bicyclic) bond motifs is 1. The summed E-state index contributed by atoms with van der Waals surface area (Å²) in [4.78, 5) is 3.24. The van der Waals surface area contributed by atoms with Crippen LogP contribution in [0, 0.1) is 4.77 Å². The fourth-order valence-electron chi connectivity index (χ4n) is 2.05. The summed E-state index contributed by atoms with van der Waals surface area (Å²) in [6, 6.07) is 6.21. The molecule has 0 bridgehead atoms. The Hall–Kier alpha value is -0.650. The second-order valence-electron chi connectivity index (χ2n) is 4.30. The van der Waals surface area contributed by atoms with Gasteiger partial charge >= 0.3 is 0 Å². The third-order valence-electron chi connectivity index (χ3n) is 2.97. The van der Waals surface area contributed by atoms with Crippen molar-refractivity contribution in [2.75, 3.05) is 13.7 Å². The Morgan fingerprint density at radius 1 is 1.33 bits per heavy atom. The van der Waals surface area contributed by atoms with Crippen LogP contribution < -0.4 is 0 Å². The van der Waals surface area contributed by atoms with Crippen LogP contribution >= 0.6 is 28.1 Å². The number of nitrogens with zero attached hydrogens (tertiary/aromatic N) is 1. The van der Waals surface area contributed by atoms with E-state index in [4.69, 9.17) is 17.0 Å². The maximum Gasteiger partial charge on any atom is 0.178 e. The molecular formula is C13H17BrN2OS. The lowest BCUT2D eigenvalue weighted by Crippen LogP contribution is -1.98. The second-order valence-corrected chi connectivity index (χ2v) is 5.60. The predicted molar refractivity (Wildman–Crippen MR) is 80.5 cm³/mol. The Labute approximate surface area is 120 Å². The van der Waals surface area contributed by atoms with E-state index in [2.05, 4.69) is 37.6 Å². The SMILES string of the molecule is COCCCCCn1c(=S)[nH]c2cc(Br)ccc21. The van der Waals surface area contributed by atoms with E-state index < -0.39 is 0 Å². The van der Waals surface area contributed by atoms with Gasteiger partial charge in [0.25, 0.3) is 0 Å². The molecule has 0 radical (unpaired) electrons. The molecule has 1 aromatic heterocycles. The van der Waals surface area contributed by atoms with Crippen LogP contribution in [0.2, 0.25) is 0 Å². The van der Waals surface area contributed by atoms with Crippen molar-refractivity contribution in [3.63, 3.8) is 0 Å². The minimum absolute atomic E-state index is 0.801. The number of nitrogens with one attached hydrogen (secondary N) is 1. The Kier molecular flexibility index (Phi) is 4.97. The van der Waals surface area contributed by atoms with Crippen LogP contribution in [0.25, 0.3) is 11.0 Å². The third kappa shape index (κ3) is 3.22. The number of imidazole rings is 1. The molecule has 0 aliphatic carbocycles. The highest BCUT2D eigenvalue weighted by Crippen LogP contribution is 2.20. The molecule has 0 atom stereocenters. The largest absolute Gasteiger partial charge is 0.385 e. The highest BCUT2D eigenvalue weighted by atomic mass is 79.9. The monoisotopic (exact) mass is 328 g/mol. The van der Waals surface area contributed by atoms with Crippen molar-refractivity contribution >= 4 is 39.2 Å². The van der Waals surface area contributed by atoms with Gasteiger partial charge in [0.05, 0.1) is 11.0 Å². The van der Waals surface area contributed by atoms with Gasteiger partial charge in [-0.1, -0.05) is 15.9 Å². The molecule has 0 saturated carbocycles. The quantitative estimate of drug-likeness (QED) is 0.633. The lowest BCUT2D eigenvalue weighted by Gasteiger charge is -2.04. The topological polar surface area (TPSA) is 29.9 Å². The van der Waals surface area contributed by atoms with Gasteiger partial charge in [-0.2, -0.15) is 0 Å². The summed E-state index contributed by atoms with van der Waals surface area (Å²) in [5, 5.41) is 0. The van der Waals surface area contributed by atoms with Crippen molar-refractivity contribution in [2.24, 2.45) is 0 Å². The summed E-state index contributed by atoms with van der Waals surface area (Å²) in [7, 11) is 1.74. The molecular weight excluding hydrogens is 312 g/mol. The molecule has 2 aromatic rings. The summed E-state index contributed by atoms with van der Waals surface area (Å²) in [6.45, 7) is 1.80. The molecule has 2 rings (SSSR count). The van der Waals surface area contributed by atoms with Crippen molar-refractivity contribution in [1.29, 1.82) is 0 Å². The number of methoxy groups -OCH3 is 1. The number of aromatic nitrogens is 2. The summed E-state index contributed by atoms with van der Waals surface area (Å²) >= 11 is 8.83. The van der Waals surface area contributed by atoms with Gasteiger partial charge in [0.1, 0.15) is 0 Å². The van der Waals surface area contributed by atoms with Crippen molar-refractivity contribution in [1.82, 2.24) is 9.55 Å². The number of halogens is 1. The molecule has 1 aromatic carbocycles. The van der Waals surface area contributed by atoms with E-state index in [0.29, 0.717) is 0 Å². The molecule has 0 aliphatic rings. The smallest absolute Gasteiger partial charge is 0.178 e. The average Bonchev–Trinajstić information content (AvgIpc) is 2.64. The Morgan fingerprint density at radius 2 is 2.17 bits per heavy atom. The molecule has 18 heavy (non-hydrogen) atoms. The van der Waals surface area contributed by atoms with Crippen LogP contribution in [-0.2, 0) is 11.3 Å². The molecule has 0 saturated heterocycles. The predicted octanol–water partition coefficient (Wildman–Crippen LogP) is 4.28. The summed E-state index contributed by atoms with van der Waals surface area (Å²) in [5.74, 6) is 0. The minimum Gasteiger partial charge on any atom is -0.385 e. The summed E-state index contributed by atoms with van der Waals surface area (Å²) < 4.78 is 9.09. The first-order chi connectivity index (χ1) is 8.72. The Bertz CT molecular complexity index is 576. The number of rotatable bonds is 6. The molecule has 0 fully saturated rings. The number of benzene rings is 1. The van der Waals surface area contributed by atoms with Gasteiger partial charge in [-0.25, -0.2) is 0 Å². The highest BCUT2D eigenvalue weighted by molar-refractivity contribution is 9.10. The van der Waals surface area contributed by atoms with Gasteiger partial charge in [-0.3, -0.25) is 0 Å². The van der Waals surface area contributed by atoms with E-state index >= 15 is 0 Å². The fraction of sp³-hybridized carbons (Fsp3) is 0.462. The summed E-state index contributed by atoms with van der Waals surface area (Å²) in [5.41, 5.74) is 2.27. The van der Waals surface area contributed by atoms with E-state index in [1.165, 1.54) is 11.9 Å². The first-order valence-electron chi connectivity index (χ1n) is 6.09. The van der Waals surface area contributed by atoms with E-state index in [1.807, 2.05) is 6.07 Å². The van der Waals surface area contributed by atoms with Crippen molar-refractivity contribution in [3.8, 4) is 0 Å². The first kappa shape index (κ1) is 13.8. The van der Waals surface area contributed by atoms with Gasteiger partial charge in [-0.15, -0.1) is 0 Å². The Balaban J connectivity index is 2.08. The number of ether oxygens (including phenoxy) is 1. The van der Waals surface area contributed by atoms with Crippen molar-refractivity contribution in [2.45, 2.75) is 25.8 Å². The Morgan fingerprint density at radius 3 is 2.94 bits per heavy atom. The third-order valence-corrected chi connectivity index (χ3v) is 3.78. The summed E-state index contributed by atoms with van der Waals surface area (Å²) in [6.07, 6.45) is 3.40. The van der Waals surface area contributed by atoms with Gasteiger partial charge in [0.15, 0.2) is 4.77 Å². The van der Waals surface area contributed by atoms with Gasteiger partial charge in [-0.05, 0) is 49.7 Å². The minimum atomic E-state index is 0.801. The maximum absolute atomic E-state index is 5.36. The zero-order valence-electron chi connectivity index (χ0n) is 10.4. The highest BCUT2D eigenvalue weighted by Gasteiger charge is 2.04. The lowest BCUT2D eigenvalue weighted by molar-refractivity contribution is 0.191. The molecule has 0 unspecified atom stereocenters. The molecule has 98 valence electrons. The maximum atomic E-state index is 5.36. The van der Waals surface area contributed by atoms with Crippen LogP contribution in [0.5, 0.6) is 0 Å². The zero-order valence-corrected chi connectivity index (χ0v) is 12.8. The van der Waals surface area contributed by atoms with E-state index in [9.17, 15) is 0 Å². The van der Waals surface area contributed by atoms with E-state index in [-0.39, 0.29) is 0 Å². The normalized spacial score (nSPS) is 11.2. The van der Waals surface area contributed by atoms with Crippen LogP contribution in [0.15, 0.2) is 22.7 Å². The van der Waals surface area contributed by atoms with Gasteiger partial charge in [0.2, 0.25) is 0 Å². The van der Waals surface area contributed by atoms with Crippen LogP contribution in [0.3, 0.4) is 0 Å². The second kappa shape index (κ2) is 6.50. The first-order valence-corrected chi connectivity index (χ1v) is 7.29. The molecule has 3 nitrogen and oxygen atoms in total. The van der Waals surface area contributed by atoms with Crippen molar-refractivity contribution < 1.29 is 4.74 Å². The number of aryl methyl sites for hydroxylation is 1. The average molecular weight is 329 g/mol. The molecule has 1 heterocycles. The number of unbranched alkanes of at least 4 members (excludes halogenated alkanes) is 2. The van der Waals surface area contributed by atoms with E-state index in [0.717, 1.165) is 40.8 Å². The van der Waals surface area contributed by atoms with Crippen LogP contribution in [0.1, 0.15) is 19.3 Å². The number of aromatic amines is 1. The zero-order chi connectivity index (χ0) is 13.0. The number of hydrogen-bond donors (Lipinski definition) is 1. The van der Waals surface area contributed by atoms with Crippen LogP contribution in [-0.4, -0.2) is 23.3 Å². The van der Waals surface area contributed by atoms with E-state index in [1.54, 1.807) is 7.11 Å². The number of H-pyrrole nitrogens is 1. The molecule has 0 amide bonds. The van der Waals surface area contributed by atoms with Gasteiger partial charge < -0.3 is 14.3 Å². The molecule has 0 spiro atoms. The molecule has 1 N–H and O–H groups in total. The fourth-order valence-corrected chi connectivity index (χ4v) is 2.71. The van der Waals surface area contributed by atoms with Crippen molar-refractivity contribution in [3.05, 3.63) is 27.4 Å². The van der Waals surface area contributed by atoms with Gasteiger partial charge in [0, 0.05) is 24.7 Å². The standard InChI is InChI=1S/C13H17BrN2OS/c1-17-8-4-2-3-7-16-12-6-5-10(14)9-11(12)15-13(16)18/h5-6,9H,2-4,7-8H2,1H3,(H,15,18). The molecule has 5 heteroatoms. The lowest BCUT2D eigenvalue weighted by atomic mass is 10.2. The van der Waals surface area contributed by atoms with Crippen LogP contribution in [0.4, 0.5) is 0 Å². The number of hydrogen-bond acceptors (Lipinski definition) is 2.